The van der Waals surface area contributed by atoms with E-state index in [0.717, 1.165) is 22.5 Å². The third-order valence-electron chi connectivity index (χ3n) is 4.18. The smallest absolute Gasteiger partial charge is 0.423 e. The molecule has 0 atom stereocenters. The number of carbonyl (C=O) groups is 1. The van der Waals surface area contributed by atoms with Crippen LogP contribution in [0.3, 0.4) is 0 Å². The first-order valence-electron chi connectivity index (χ1n) is 7.76. The molecular formula is C18H15BN2O3. The number of H-pyrrole nitrogens is 1. The van der Waals surface area contributed by atoms with Crippen LogP contribution in [0.1, 0.15) is 21.6 Å². The van der Waals surface area contributed by atoms with Gasteiger partial charge >= 0.3 is 7.12 Å². The molecule has 0 bridgehead atoms. The Bertz CT molecular complexity index is 892. The fraction of sp³-hybridized carbons (Fsp3) is 0.111. The van der Waals surface area contributed by atoms with E-state index in [0.29, 0.717) is 17.6 Å². The number of rotatable bonds is 4. The predicted octanol–water partition coefficient (Wildman–Crippen LogP) is 1.72. The minimum atomic E-state index is -0.940. The van der Waals surface area contributed by atoms with Crippen molar-refractivity contribution >= 4 is 18.4 Å². The molecule has 0 amide bonds. The summed E-state index contributed by atoms with van der Waals surface area (Å²) in [5.41, 5.74) is 4.74. The summed E-state index contributed by atoms with van der Waals surface area (Å²) >= 11 is 0. The fourth-order valence-electron chi connectivity index (χ4n) is 2.87. The molecule has 2 aromatic carbocycles. The molecule has 4 rings (SSSR count). The van der Waals surface area contributed by atoms with Crippen LogP contribution in [0, 0.1) is 0 Å². The van der Waals surface area contributed by atoms with Gasteiger partial charge in [-0.2, -0.15) is 5.10 Å². The van der Waals surface area contributed by atoms with E-state index in [1.807, 2.05) is 42.5 Å². The third-order valence-corrected chi connectivity index (χ3v) is 4.18. The van der Waals surface area contributed by atoms with Crippen molar-refractivity contribution in [2.75, 3.05) is 0 Å². The number of Topliss-reactive ketones (excluding diaryl/α,β-unsaturated/α-hetero) is 1. The Labute approximate surface area is 139 Å². The zero-order valence-electron chi connectivity index (χ0n) is 12.9. The maximum atomic E-state index is 12.5. The quantitative estimate of drug-likeness (QED) is 0.567. The van der Waals surface area contributed by atoms with Crippen LogP contribution in [0.4, 0.5) is 0 Å². The lowest BCUT2D eigenvalue weighted by Crippen LogP contribution is -2.28. The highest BCUT2D eigenvalue weighted by Crippen LogP contribution is 2.18. The normalized spacial score (nSPS) is 13.1. The van der Waals surface area contributed by atoms with Gasteiger partial charge in [-0.25, -0.2) is 0 Å². The number of hydrogen-bond donors (Lipinski definition) is 2. The molecule has 1 aliphatic rings. The zero-order valence-corrected chi connectivity index (χ0v) is 12.9. The first-order valence-corrected chi connectivity index (χ1v) is 7.76. The fourth-order valence-corrected chi connectivity index (χ4v) is 2.87. The molecule has 1 aromatic heterocycles. The number of hydrogen-bond acceptors (Lipinski definition) is 4. The van der Waals surface area contributed by atoms with E-state index in [1.165, 1.54) is 0 Å². The summed E-state index contributed by atoms with van der Waals surface area (Å²) in [4.78, 5) is 12.5. The van der Waals surface area contributed by atoms with Crippen LogP contribution in [0.15, 0.2) is 54.6 Å². The largest absolute Gasteiger partial charge is 0.491 e. The maximum Gasteiger partial charge on any atom is 0.491 e. The van der Waals surface area contributed by atoms with Crippen molar-refractivity contribution in [3.05, 3.63) is 71.4 Å². The molecule has 24 heavy (non-hydrogen) atoms. The number of nitrogens with zero attached hydrogens (tertiary/aromatic N) is 1. The van der Waals surface area contributed by atoms with E-state index in [9.17, 15) is 9.82 Å². The van der Waals surface area contributed by atoms with Gasteiger partial charge in [-0.15, -0.1) is 0 Å². The van der Waals surface area contributed by atoms with E-state index in [4.69, 9.17) is 4.65 Å². The van der Waals surface area contributed by atoms with Crippen LogP contribution in [-0.4, -0.2) is 28.1 Å². The Kier molecular flexibility index (Phi) is 3.76. The molecule has 2 heterocycles. The molecule has 0 aliphatic carbocycles. The van der Waals surface area contributed by atoms with Crippen LogP contribution in [0.2, 0.25) is 0 Å². The number of fused-ring (bicyclic) bond motifs is 1. The van der Waals surface area contributed by atoms with Gasteiger partial charge < -0.3 is 9.68 Å². The van der Waals surface area contributed by atoms with Crippen molar-refractivity contribution in [2.24, 2.45) is 0 Å². The third kappa shape index (κ3) is 2.77. The second-order valence-electron chi connectivity index (χ2n) is 5.82. The summed E-state index contributed by atoms with van der Waals surface area (Å²) in [7, 11) is -0.940. The molecule has 0 unspecified atom stereocenters. The van der Waals surface area contributed by atoms with Gasteiger partial charge in [0.15, 0.2) is 5.78 Å². The average Bonchev–Trinajstić information content (AvgIpc) is 3.23. The van der Waals surface area contributed by atoms with E-state index in [1.54, 1.807) is 12.1 Å². The van der Waals surface area contributed by atoms with Crippen LogP contribution < -0.4 is 5.46 Å². The van der Waals surface area contributed by atoms with Gasteiger partial charge in [-0.05, 0) is 17.1 Å². The van der Waals surface area contributed by atoms with Crippen LogP contribution in [-0.2, 0) is 17.7 Å². The molecule has 2 N–H and O–H groups in total. The van der Waals surface area contributed by atoms with Gasteiger partial charge in [-0.3, -0.25) is 9.89 Å². The number of aromatic amines is 1. The van der Waals surface area contributed by atoms with Gasteiger partial charge in [0.25, 0.3) is 0 Å². The molecule has 0 fully saturated rings. The van der Waals surface area contributed by atoms with Crippen molar-refractivity contribution in [3.63, 3.8) is 0 Å². The van der Waals surface area contributed by atoms with Gasteiger partial charge in [0.05, 0.1) is 18.7 Å². The highest BCUT2D eigenvalue weighted by atomic mass is 16.5. The number of aromatic nitrogens is 2. The topological polar surface area (TPSA) is 75.2 Å². The van der Waals surface area contributed by atoms with Gasteiger partial charge in [0, 0.05) is 16.8 Å². The Morgan fingerprint density at radius 2 is 2.04 bits per heavy atom. The van der Waals surface area contributed by atoms with Gasteiger partial charge in [-0.1, -0.05) is 48.5 Å². The van der Waals surface area contributed by atoms with Crippen LogP contribution in [0.5, 0.6) is 0 Å². The van der Waals surface area contributed by atoms with Crippen molar-refractivity contribution in [1.29, 1.82) is 0 Å². The van der Waals surface area contributed by atoms with Crippen LogP contribution in [0.25, 0.3) is 11.3 Å². The highest BCUT2D eigenvalue weighted by molar-refractivity contribution is 6.61. The SMILES string of the molecule is O=C(Cc1cc(-c2ccccc2)n[nH]1)c1ccc2c(c1)B(O)OC2. The molecule has 0 radical (unpaired) electrons. The van der Waals surface area contributed by atoms with E-state index >= 15 is 0 Å². The summed E-state index contributed by atoms with van der Waals surface area (Å²) < 4.78 is 5.16. The average molecular weight is 318 g/mol. The van der Waals surface area contributed by atoms with Gasteiger partial charge in [0.2, 0.25) is 0 Å². The summed E-state index contributed by atoms with van der Waals surface area (Å²) in [5.74, 6) is -0.0276. The summed E-state index contributed by atoms with van der Waals surface area (Å²) in [6.45, 7) is 0.381. The minimum Gasteiger partial charge on any atom is -0.423 e. The molecule has 5 nitrogen and oxygen atoms in total. The number of carbonyl (C=O) groups excluding carboxylic acids is 1. The zero-order chi connectivity index (χ0) is 16.5. The summed E-state index contributed by atoms with van der Waals surface area (Å²) in [6, 6.07) is 17.0. The molecule has 1 aliphatic heterocycles. The van der Waals surface area contributed by atoms with Gasteiger partial charge in [0.1, 0.15) is 0 Å². The number of benzene rings is 2. The molecule has 0 saturated carbocycles. The standard InChI is InChI=1S/C18H15BN2O3/c22-18(13-6-7-14-11-24-19(23)16(14)8-13)10-15-9-17(21-20-15)12-4-2-1-3-5-12/h1-9,23H,10-11H2,(H,20,21). The lowest BCUT2D eigenvalue weighted by atomic mass is 9.78. The van der Waals surface area contributed by atoms with Crippen molar-refractivity contribution in [1.82, 2.24) is 10.2 Å². The second kappa shape index (κ2) is 6.07. The summed E-state index contributed by atoms with van der Waals surface area (Å²) in [5, 5.41) is 16.9. The Balaban J connectivity index is 1.53. The molecule has 0 spiro atoms. The Morgan fingerprint density at radius 1 is 1.21 bits per heavy atom. The molecule has 3 aromatic rings. The number of ketones is 1. The monoisotopic (exact) mass is 318 g/mol. The lowest BCUT2D eigenvalue weighted by Gasteiger charge is -2.03. The molecule has 118 valence electrons. The number of nitrogens with one attached hydrogen (secondary N) is 1. The summed E-state index contributed by atoms with van der Waals surface area (Å²) in [6.07, 6.45) is 0.232. The minimum absolute atomic E-state index is 0.0276. The first kappa shape index (κ1) is 14.9. The maximum absolute atomic E-state index is 12.5. The van der Waals surface area contributed by atoms with Crippen LogP contribution >= 0.6 is 0 Å². The van der Waals surface area contributed by atoms with Crippen molar-refractivity contribution in [3.8, 4) is 11.3 Å². The van der Waals surface area contributed by atoms with Crippen molar-refractivity contribution in [2.45, 2.75) is 13.0 Å². The Hall–Kier alpha value is -2.70. The van der Waals surface area contributed by atoms with Crippen molar-refractivity contribution < 1.29 is 14.5 Å². The Morgan fingerprint density at radius 3 is 2.88 bits per heavy atom. The van der Waals surface area contributed by atoms with E-state index in [2.05, 4.69) is 10.2 Å². The second-order valence-corrected chi connectivity index (χ2v) is 5.82. The predicted molar refractivity (Wildman–Crippen MR) is 90.9 cm³/mol. The molecule has 0 saturated heterocycles. The molecule has 6 heteroatoms. The van der Waals surface area contributed by atoms with E-state index < -0.39 is 7.12 Å². The first-order chi connectivity index (χ1) is 11.7. The lowest BCUT2D eigenvalue weighted by molar-refractivity contribution is 0.0992. The molecular weight excluding hydrogens is 303 g/mol. The van der Waals surface area contributed by atoms with E-state index in [-0.39, 0.29) is 12.2 Å². The highest BCUT2D eigenvalue weighted by Gasteiger charge is 2.28.